The third kappa shape index (κ3) is 5.24. The number of piperazine rings is 1. The van der Waals surface area contributed by atoms with Gasteiger partial charge in [0.1, 0.15) is 19.3 Å². The van der Waals surface area contributed by atoms with E-state index in [-0.39, 0.29) is 19.3 Å². The van der Waals surface area contributed by atoms with Crippen LogP contribution in [0, 0.1) is 0 Å². The van der Waals surface area contributed by atoms with Crippen molar-refractivity contribution in [3.8, 4) is 5.88 Å². The van der Waals surface area contributed by atoms with Gasteiger partial charge in [-0.3, -0.25) is 0 Å². The maximum absolute atomic E-state index is 12.4. The summed E-state index contributed by atoms with van der Waals surface area (Å²) in [5.74, 6) is 0.845. The molecule has 1 fully saturated rings. The molecule has 2 N–H and O–H groups in total. The number of aliphatic hydroxyl groups excluding tert-OH is 2. The van der Waals surface area contributed by atoms with Crippen molar-refractivity contribution in [1.82, 2.24) is 14.9 Å². The van der Waals surface area contributed by atoms with Gasteiger partial charge in [0, 0.05) is 26.2 Å². The highest BCUT2D eigenvalue weighted by molar-refractivity contribution is 5.84. The van der Waals surface area contributed by atoms with Crippen LogP contribution >= 0.6 is 0 Å². The number of carbonyl (C=O) groups is 1. The van der Waals surface area contributed by atoms with Crippen LogP contribution in [-0.4, -0.2) is 76.7 Å². The second-order valence-electron chi connectivity index (χ2n) is 7.51. The molecule has 1 aliphatic heterocycles. The first-order valence-corrected chi connectivity index (χ1v) is 10.5. The summed E-state index contributed by atoms with van der Waals surface area (Å²) in [6, 6.07) is 17.0. The van der Waals surface area contributed by atoms with Gasteiger partial charge in [-0.25, -0.2) is 9.78 Å². The van der Waals surface area contributed by atoms with Gasteiger partial charge < -0.3 is 29.5 Å². The second kappa shape index (κ2) is 10.3. The highest BCUT2D eigenvalue weighted by Gasteiger charge is 2.24. The van der Waals surface area contributed by atoms with Gasteiger partial charge in [-0.2, -0.15) is 4.98 Å². The largest absolute Gasteiger partial charge is 0.474 e. The Bertz CT molecular complexity index is 1040. The number of aliphatic hydroxyl groups is 2. The highest BCUT2D eigenvalue weighted by Crippen LogP contribution is 2.26. The van der Waals surface area contributed by atoms with Gasteiger partial charge in [0.2, 0.25) is 11.8 Å². The van der Waals surface area contributed by atoms with Gasteiger partial charge in [-0.15, -0.1) is 0 Å². The number of hydrogen-bond donors (Lipinski definition) is 2. The van der Waals surface area contributed by atoms with Crippen LogP contribution in [0.3, 0.4) is 0 Å². The normalized spacial score (nSPS) is 14.9. The van der Waals surface area contributed by atoms with E-state index >= 15 is 0 Å². The predicted octanol–water partition coefficient (Wildman–Crippen LogP) is 1.82. The first-order chi connectivity index (χ1) is 15.6. The molecule has 0 bridgehead atoms. The van der Waals surface area contributed by atoms with Crippen LogP contribution in [0.25, 0.3) is 10.9 Å². The third-order valence-corrected chi connectivity index (χ3v) is 5.21. The molecule has 1 aromatic heterocycles. The zero-order valence-electron chi connectivity index (χ0n) is 17.6. The molecule has 9 nitrogen and oxygen atoms in total. The Labute approximate surface area is 185 Å². The fourth-order valence-electron chi connectivity index (χ4n) is 3.41. The lowest BCUT2D eigenvalue weighted by atomic mass is 10.2. The molecular formula is C23H26N4O5. The number of para-hydroxylation sites is 1. The fourth-order valence-corrected chi connectivity index (χ4v) is 3.41. The van der Waals surface area contributed by atoms with E-state index in [2.05, 4.69) is 9.97 Å². The van der Waals surface area contributed by atoms with Crippen molar-refractivity contribution in [2.45, 2.75) is 12.7 Å². The topological polar surface area (TPSA) is 108 Å². The fraction of sp³-hybridized carbons (Fsp3) is 0.348. The van der Waals surface area contributed by atoms with E-state index in [0.29, 0.717) is 38.0 Å². The summed E-state index contributed by atoms with van der Waals surface area (Å²) in [6.07, 6.45) is -1.33. The second-order valence-corrected chi connectivity index (χ2v) is 7.51. The van der Waals surface area contributed by atoms with E-state index in [4.69, 9.17) is 14.6 Å². The maximum Gasteiger partial charge on any atom is 0.410 e. The standard InChI is InChI=1S/C23H26N4O5/c28-14-18(29)16-31-21-19-8-4-5-9-20(19)24-22(25-21)26-10-12-27(13-11-26)23(30)32-15-17-6-2-1-3-7-17/h1-9,18,28-29H,10-16H2/t18-/m0/s1. The van der Waals surface area contributed by atoms with Crippen LogP contribution in [0.2, 0.25) is 0 Å². The number of carbonyl (C=O) groups excluding carboxylic acids is 1. The molecule has 0 unspecified atom stereocenters. The minimum atomic E-state index is -0.988. The number of fused-ring (bicyclic) bond motifs is 1. The molecule has 1 atom stereocenters. The number of benzene rings is 2. The van der Waals surface area contributed by atoms with Crippen LogP contribution in [-0.2, 0) is 11.3 Å². The molecule has 9 heteroatoms. The summed E-state index contributed by atoms with van der Waals surface area (Å²) in [4.78, 5) is 25.3. The molecule has 1 saturated heterocycles. The summed E-state index contributed by atoms with van der Waals surface area (Å²) in [7, 11) is 0. The lowest BCUT2D eigenvalue weighted by Gasteiger charge is -2.34. The number of hydrogen-bond acceptors (Lipinski definition) is 8. The first-order valence-electron chi connectivity index (χ1n) is 10.5. The van der Waals surface area contributed by atoms with Crippen LogP contribution < -0.4 is 9.64 Å². The molecule has 1 aliphatic rings. The Morgan fingerprint density at radius 1 is 1.00 bits per heavy atom. The minimum absolute atomic E-state index is 0.0714. The summed E-state index contributed by atoms with van der Waals surface area (Å²) in [5.41, 5.74) is 1.67. The number of ether oxygens (including phenoxy) is 2. The van der Waals surface area contributed by atoms with Gasteiger partial charge in [0.25, 0.3) is 0 Å². The highest BCUT2D eigenvalue weighted by atomic mass is 16.6. The Hall–Kier alpha value is -3.43. The van der Waals surface area contributed by atoms with E-state index in [0.717, 1.165) is 16.5 Å². The number of nitrogens with zero attached hydrogens (tertiary/aromatic N) is 4. The van der Waals surface area contributed by atoms with Crippen molar-refractivity contribution >= 4 is 22.9 Å². The van der Waals surface area contributed by atoms with E-state index < -0.39 is 12.7 Å². The van der Waals surface area contributed by atoms with Gasteiger partial charge in [-0.05, 0) is 17.7 Å². The van der Waals surface area contributed by atoms with E-state index in [1.807, 2.05) is 59.5 Å². The first kappa shape index (κ1) is 21.8. The van der Waals surface area contributed by atoms with Crippen LogP contribution in [0.4, 0.5) is 10.7 Å². The van der Waals surface area contributed by atoms with Gasteiger partial charge in [0.05, 0.1) is 17.5 Å². The molecule has 2 aromatic carbocycles. The van der Waals surface area contributed by atoms with Crippen molar-refractivity contribution in [1.29, 1.82) is 0 Å². The molecule has 0 spiro atoms. The lowest BCUT2D eigenvalue weighted by Crippen LogP contribution is -2.49. The summed E-state index contributed by atoms with van der Waals surface area (Å²) in [6.45, 7) is 1.87. The van der Waals surface area contributed by atoms with Gasteiger partial charge in [-0.1, -0.05) is 42.5 Å². The minimum Gasteiger partial charge on any atom is -0.474 e. The molecule has 3 aromatic rings. The molecule has 0 radical (unpaired) electrons. The number of anilines is 1. The number of rotatable bonds is 7. The van der Waals surface area contributed by atoms with Gasteiger partial charge in [0.15, 0.2) is 0 Å². The zero-order chi connectivity index (χ0) is 22.3. The van der Waals surface area contributed by atoms with Crippen molar-refractivity contribution in [3.63, 3.8) is 0 Å². The molecule has 1 amide bonds. The summed E-state index contributed by atoms with van der Waals surface area (Å²) < 4.78 is 11.1. The monoisotopic (exact) mass is 438 g/mol. The molecule has 0 saturated carbocycles. The molecule has 2 heterocycles. The van der Waals surface area contributed by atoms with Crippen molar-refractivity contribution in [2.24, 2.45) is 0 Å². The van der Waals surface area contributed by atoms with Crippen molar-refractivity contribution in [3.05, 3.63) is 60.2 Å². The van der Waals surface area contributed by atoms with Crippen LogP contribution in [0.15, 0.2) is 54.6 Å². The number of aromatic nitrogens is 2. The molecule has 32 heavy (non-hydrogen) atoms. The molecule has 4 rings (SSSR count). The van der Waals surface area contributed by atoms with Gasteiger partial charge >= 0.3 is 6.09 Å². The van der Waals surface area contributed by atoms with Crippen molar-refractivity contribution < 1.29 is 24.5 Å². The smallest absolute Gasteiger partial charge is 0.410 e. The van der Waals surface area contributed by atoms with E-state index in [1.54, 1.807) is 4.90 Å². The Morgan fingerprint density at radius 2 is 1.72 bits per heavy atom. The Kier molecular flexibility index (Phi) is 6.98. The Balaban J connectivity index is 1.40. The third-order valence-electron chi connectivity index (χ3n) is 5.21. The average molecular weight is 438 g/mol. The summed E-state index contributed by atoms with van der Waals surface area (Å²) in [5, 5.41) is 19.4. The molecule has 168 valence electrons. The average Bonchev–Trinajstić information content (AvgIpc) is 2.86. The van der Waals surface area contributed by atoms with Crippen molar-refractivity contribution in [2.75, 3.05) is 44.3 Å². The molecular weight excluding hydrogens is 412 g/mol. The molecule has 0 aliphatic carbocycles. The summed E-state index contributed by atoms with van der Waals surface area (Å²) >= 11 is 0. The quantitative estimate of drug-likeness (QED) is 0.575. The zero-order valence-corrected chi connectivity index (χ0v) is 17.6. The number of amides is 1. The maximum atomic E-state index is 12.4. The van der Waals surface area contributed by atoms with Crippen LogP contribution in [0.5, 0.6) is 5.88 Å². The van der Waals surface area contributed by atoms with E-state index in [9.17, 15) is 9.90 Å². The predicted molar refractivity (Wildman–Crippen MR) is 119 cm³/mol. The van der Waals surface area contributed by atoms with E-state index in [1.165, 1.54) is 0 Å². The lowest BCUT2D eigenvalue weighted by molar-refractivity contribution is 0.0526. The van der Waals surface area contributed by atoms with Crippen LogP contribution in [0.1, 0.15) is 5.56 Å². The SMILES string of the molecule is O=C(OCc1ccccc1)N1CCN(c2nc(OC[C@@H](O)CO)c3ccccc3n2)CC1. The Morgan fingerprint density at radius 3 is 2.47 bits per heavy atom.